The molecule has 382 valence electrons. The van der Waals surface area contributed by atoms with Crippen LogP contribution in [0, 0.1) is 17.5 Å². The molecule has 0 fully saturated rings. The van der Waals surface area contributed by atoms with Crippen molar-refractivity contribution >= 4 is 165 Å². The summed E-state index contributed by atoms with van der Waals surface area (Å²) in [4.78, 5) is 0. The van der Waals surface area contributed by atoms with Crippen LogP contribution in [-0.4, -0.2) is 60.9 Å². The van der Waals surface area contributed by atoms with Crippen LogP contribution in [0.3, 0.4) is 0 Å². The van der Waals surface area contributed by atoms with E-state index in [1.807, 2.05) is 0 Å². The summed E-state index contributed by atoms with van der Waals surface area (Å²) in [5.41, 5.74) is 53.4. The molecule has 0 aromatic heterocycles. The number of rotatable bonds is 10. The molecular formula is C40H38Cl9F3N20. The van der Waals surface area contributed by atoms with Gasteiger partial charge in [0, 0.05) is 21.7 Å². The summed E-state index contributed by atoms with van der Waals surface area (Å²) in [6.45, 7) is 0. The Morgan fingerprint density at radius 2 is 0.708 bits per heavy atom. The summed E-state index contributed by atoms with van der Waals surface area (Å²) in [6.07, 6.45) is 6.78. The smallest absolute Gasteiger partial charge is 0.211 e. The average Bonchev–Trinajstić information content (AvgIpc) is 3.30. The highest BCUT2D eigenvalue weighted by Gasteiger charge is 2.09. The van der Waals surface area contributed by atoms with Crippen molar-refractivity contribution in [1.82, 2.24) is 0 Å². The molecule has 0 aliphatic carbocycles. The summed E-state index contributed by atoms with van der Waals surface area (Å²) in [5.74, 6) is -2.51. The van der Waals surface area contributed by atoms with E-state index in [1.54, 1.807) is 36.4 Å². The summed E-state index contributed by atoms with van der Waals surface area (Å²) in [7, 11) is 0. The number of benzene rings is 5. The molecular weight excluding hydrogens is 1140 g/mol. The first-order valence-electron chi connectivity index (χ1n) is 18.5. The highest BCUT2D eigenvalue weighted by molar-refractivity contribution is 6.44. The topological polar surface area (TPSA) is 384 Å². The van der Waals surface area contributed by atoms with Gasteiger partial charge in [0.15, 0.2) is 5.82 Å². The van der Waals surface area contributed by atoms with Gasteiger partial charge in [-0.2, -0.15) is 25.5 Å². The first-order chi connectivity index (χ1) is 33.8. The second kappa shape index (κ2) is 33.7. The van der Waals surface area contributed by atoms with Crippen molar-refractivity contribution < 1.29 is 13.2 Å². The molecule has 0 amide bonds. The highest BCUT2D eigenvalue weighted by Crippen LogP contribution is 2.28. The Morgan fingerprint density at radius 1 is 0.333 bits per heavy atom. The standard InChI is InChI=1S/2C8H7Cl2FN4.2C8H8Cl2N4.C8H8ClFN4/c9-6-4(3-14-15-8(12)13)1-2-5(11)7(6)10;9-5-2-1-4(6(10)7(5)11)3-14-15-8(12)13;9-6-2-1-5(7(10)3-6)4-13-14-8(11)12;9-6-2-1-5(3-7(6)10)4-13-14-8(11)12;9-6-3-5(1-2-7(6)10)4-13-14-8(11)12/h2*1-3H,(H4,12,13,15);3*1-4H,(H4,11,12,14)/b2*14-3+;3*13-4+. The lowest BCUT2D eigenvalue weighted by molar-refractivity contribution is 0.628. The van der Waals surface area contributed by atoms with E-state index in [0.717, 1.165) is 5.56 Å². The minimum atomic E-state index is -0.702. The predicted molar refractivity (Wildman–Crippen MR) is 294 cm³/mol. The summed E-state index contributed by atoms with van der Waals surface area (Å²) in [5, 5.41) is 36.5. The average molecular weight is 1170 g/mol. The SMILES string of the molecule is NC(N)=N/N=C/c1ccc(Cl)c(Cl)c1.NC(N)=N/N=C/c1ccc(Cl)c(F)c1Cl.NC(N)=N/N=C/c1ccc(Cl)cc1Cl.NC(N)=N/N=C/c1ccc(F)c(Cl)c1.NC(N)=N/N=C/c1ccc(F)c(Cl)c1Cl. The maximum atomic E-state index is 13.2. The van der Waals surface area contributed by atoms with Gasteiger partial charge in [0.05, 0.1) is 71.3 Å². The second-order valence-electron chi connectivity index (χ2n) is 12.4. The van der Waals surface area contributed by atoms with Gasteiger partial charge in [0.1, 0.15) is 11.6 Å². The van der Waals surface area contributed by atoms with E-state index in [9.17, 15) is 13.2 Å². The largest absolute Gasteiger partial charge is 0.369 e. The molecule has 32 heteroatoms. The van der Waals surface area contributed by atoms with E-state index in [-0.39, 0.29) is 54.9 Å². The monoisotopic (exact) mass is 1170 g/mol. The van der Waals surface area contributed by atoms with Crippen molar-refractivity contribution in [2.45, 2.75) is 0 Å². The molecule has 5 aromatic rings. The van der Waals surface area contributed by atoms with Crippen LogP contribution >= 0.6 is 104 Å². The number of nitrogens with two attached hydrogens (primary N) is 10. The minimum Gasteiger partial charge on any atom is -0.369 e. The third-order valence-electron chi connectivity index (χ3n) is 6.85. The van der Waals surface area contributed by atoms with Crippen LogP contribution in [0.1, 0.15) is 27.8 Å². The molecule has 0 spiro atoms. The molecule has 0 saturated heterocycles. The summed E-state index contributed by atoms with van der Waals surface area (Å²) >= 11 is 51.1. The number of nitrogens with zero attached hydrogens (tertiary/aromatic N) is 10. The number of hydrogen-bond acceptors (Lipinski definition) is 10. The van der Waals surface area contributed by atoms with Crippen molar-refractivity contribution in [2.75, 3.05) is 0 Å². The Labute approximate surface area is 453 Å². The van der Waals surface area contributed by atoms with Gasteiger partial charge in [-0.3, -0.25) is 0 Å². The normalized spacial score (nSPS) is 10.5. The van der Waals surface area contributed by atoms with Crippen LogP contribution in [0.5, 0.6) is 0 Å². The molecule has 20 N–H and O–H groups in total. The van der Waals surface area contributed by atoms with E-state index < -0.39 is 17.5 Å². The molecule has 0 aliphatic rings. The van der Waals surface area contributed by atoms with Crippen molar-refractivity contribution in [2.24, 2.45) is 108 Å². The van der Waals surface area contributed by atoms with Crippen molar-refractivity contribution in [3.63, 3.8) is 0 Å². The molecule has 72 heavy (non-hydrogen) atoms. The zero-order chi connectivity index (χ0) is 54.5. The Hall–Kier alpha value is -6.80. The van der Waals surface area contributed by atoms with Gasteiger partial charge < -0.3 is 57.3 Å². The first-order valence-corrected chi connectivity index (χ1v) is 21.9. The van der Waals surface area contributed by atoms with Gasteiger partial charge in [-0.1, -0.05) is 129 Å². The van der Waals surface area contributed by atoms with Crippen molar-refractivity contribution in [1.29, 1.82) is 0 Å². The van der Waals surface area contributed by atoms with Gasteiger partial charge in [-0.25, -0.2) is 13.2 Å². The van der Waals surface area contributed by atoms with E-state index in [0.29, 0.717) is 42.3 Å². The molecule has 0 bridgehead atoms. The van der Waals surface area contributed by atoms with Gasteiger partial charge in [-0.15, -0.1) is 25.5 Å². The third-order valence-corrected chi connectivity index (χ3v) is 9.99. The maximum absolute atomic E-state index is 13.2. The van der Waals surface area contributed by atoms with Crippen LogP contribution in [0.15, 0.2) is 130 Å². The molecule has 20 nitrogen and oxygen atoms in total. The lowest BCUT2D eigenvalue weighted by Crippen LogP contribution is -2.21. The van der Waals surface area contributed by atoms with E-state index >= 15 is 0 Å². The first kappa shape index (κ1) is 63.2. The number of halogens is 12. The molecule has 0 heterocycles. The maximum Gasteiger partial charge on any atom is 0.211 e. The van der Waals surface area contributed by atoms with E-state index in [2.05, 4.69) is 51.0 Å². The van der Waals surface area contributed by atoms with E-state index in [4.69, 9.17) is 162 Å². The summed E-state index contributed by atoms with van der Waals surface area (Å²) in [6, 6.07) is 19.7. The Kier molecular flexibility index (Phi) is 29.6. The third kappa shape index (κ3) is 26.4. The lowest BCUT2D eigenvalue weighted by atomic mass is 10.2. The molecule has 0 radical (unpaired) electrons. The quantitative estimate of drug-likeness (QED) is 0.0280. The number of guanidine groups is 5. The molecule has 5 rings (SSSR count). The van der Waals surface area contributed by atoms with Crippen LogP contribution in [-0.2, 0) is 0 Å². The predicted octanol–water partition coefficient (Wildman–Crippen LogP) is 7.77. The Balaban J connectivity index is 0.000000450. The molecule has 0 saturated carbocycles. The zero-order valence-corrected chi connectivity index (χ0v) is 43.0. The van der Waals surface area contributed by atoms with Crippen molar-refractivity contribution in [3.8, 4) is 0 Å². The van der Waals surface area contributed by atoms with Crippen molar-refractivity contribution in [3.05, 3.63) is 169 Å². The molecule has 0 aliphatic heterocycles. The molecule has 0 atom stereocenters. The highest BCUT2D eigenvalue weighted by atomic mass is 35.5. The van der Waals surface area contributed by atoms with Crippen LogP contribution < -0.4 is 57.3 Å². The fourth-order valence-electron chi connectivity index (χ4n) is 3.87. The van der Waals surface area contributed by atoms with Gasteiger partial charge in [-0.05, 0) is 65.7 Å². The zero-order valence-electron chi connectivity index (χ0n) is 36.2. The van der Waals surface area contributed by atoms with Gasteiger partial charge in [0.25, 0.3) is 0 Å². The second-order valence-corrected chi connectivity index (χ2v) is 16.0. The van der Waals surface area contributed by atoms with Crippen LogP contribution in [0.25, 0.3) is 0 Å². The van der Waals surface area contributed by atoms with Crippen LogP contribution in [0.4, 0.5) is 13.2 Å². The Bertz CT molecular complexity index is 2750. The number of hydrogen-bond donors (Lipinski definition) is 10. The van der Waals surface area contributed by atoms with Gasteiger partial charge in [0.2, 0.25) is 29.8 Å². The fourth-order valence-corrected chi connectivity index (χ4v) is 5.62. The van der Waals surface area contributed by atoms with E-state index in [1.165, 1.54) is 73.5 Å². The lowest BCUT2D eigenvalue weighted by Gasteiger charge is -2.00. The molecule has 5 aromatic carbocycles. The minimum absolute atomic E-state index is 0.0265. The van der Waals surface area contributed by atoms with Gasteiger partial charge >= 0.3 is 0 Å². The Morgan fingerprint density at radius 3 is 1.15 bits per heavy atom. The fraction of sp³-hybridized carbons (Fsp3) is 0. The molecule has 0 unspecified atom stereocenters. The van der Waals surface area contributed by atoms with Crippen LogP contribution in [0.2, 0.25) is 45.2 Å². The summed E-state index contributed by atoms with van der Waals surface area (Å²) < 4.78 is 38.8.